The SMILES string of the molecule is COc1ccc(-n2ccc(C#N)c2C(=O)N[C@@H](C)c2ccccc2)cc1. The molecule has 0 aliphatic rings. The van der Waals surface area contributed by atoms with Crippen LogP contribution in [0.25, 0.3) is 5.69 Å². The fraction of sp³-hybridized carbons (Fsp3) is 0.143. The van der Waals surface area contributed by atoms with Crippen molar-refractivity contribution in [3.63, 3.8) is 0 Å². The molecule has 26 heavy (non-hydrogen) atoms. The molecule has 0 spiro atoms. The van der Waals surface area contributed by atoms with Crippen molar-refractivity contribution in [1.29, 1.82) is 5.26 Å². The van der Waals surface area contributed by atoms with E-state index in [9.17, 15) is 10.1 Å². The minimum Gasteiger partial charge on any atom is -0.497 e. The van der Waals surface area contributed by atoms with Gasteiger partial charge in [-0.25, -0.2) is 0 Å². The number of aromatic nitrogens is 1. The van der Waals surface area contributed by atoms with Crippen molar-refractivity contribution >= 4 is 5.91 Å². The van der Waals surface area contributed by atoms with Crippen molar-refractivity contribution in [2.75, 3.05) is 7.11 Å². The van der Waals surface area contributed by atoms with E-state index in [-0.39, 0.29) is 11.9 Å². The van der Waals surface area contributed by atoms with Crippen molar-refractivity contribution in [2.45, 2.75) is 13.0 Å². The number of nitrogens with zero attached hydrogens (tertiary/aromatic N) is 2. The molecule has 0 fully saturated rings. The molecule has 1 atom stereocenters. The van der Waals surface area contributed by atoms with Gasteiger partial charge in [-0.2, -0.15) is 5.26 Å². The number of carbonyl (C=O) groups is 1. The average Bonchev–Trinajstić information content (AvgIpc) is 3.13. The van der Waals surface area contributed by atoms with Crippen molar-refractivity contribution in [2.24, 2.45) is 0 Å². The standard InChI is InChI=1S/C21H19N3O2/c1-15(16-6-4-3-5-7-16)23-21(25)20-17(14-22)12-13-24(20)18-8-10-19(26-2)11-9-18/h3-13,15H,1-2H3,(H,23,25)/t15-/m0/s1. The number of nitrogens with one attached hydrogen (secondary N) is 1. The molecule has 0 saturated heterocycles. The first-order valence-corrected chi connectivity index (χ1v) is 8.25. The summed E-state index contributed by atoms with van der Waals surface area (Å²) < 4.78 is 6.88. The largest absolute Gasteiger partial charge is 0.497 e. The van der Waals surface area contributed by atoms with Crippen molar-refractivity contribution in [3.8, 4) is 17.5 Å². The Kier molecular flexibility index (Phi) is 5.04. The molecule has 0 unspecified atom stereocenters. The number of nitriles is 1. The van der Waals surface area contributed by atoms with Crippen LogP contribution in [0.3, 0.4) is 0 Å². The number of rotatable bonds is 5. The van der Waals surface area contributed by atoms with Crippen LogP contribution in [0.15, 0.2) is 66.9 Å². The molecule has 2 aromatic carbocycles. The van der Waals surface area contributed by atoms with Gasteiger partial charge in [-0.3, -0.25) is 4.79 Å². The Morgan fingerprint density at radius 1 is 1.12 bits per heavy atom. The average molecular weight is 345 g/mol. The summed E-state index contributed by atoms with van der Waals surface area (Å²) in [4.78, 5) is 12.9. The summed E-state index contributed by atoms with van der Waals surface area (Å²) in [6.45, 7) is 1.92. The molecule has 0 radical (unpaired) electrons. The second-order valence-electron chi connectivity index (χ2n) is 5.86. The highest BCUT2D eigenvalue weighted by molar-refractivity contribution is 5.96. The zero-order chi connectivity index (χ0) is 18.5. The molecule has 1 N–H and O–H groups in total. The van der Waals surface area contributed by atoms with E-state index in [0.717, 1.165) is 17.0 Å². The van der Waals surface area contributed by atoms with Gasteiger partial charge in [0.2, 0.25) is 0 Å². The lowest BCUT2D eigenvalue weighted by Gasteiger charge is -2.16. The summed E-state index contributed by atoms with van der Waals surface area (Å²) >= 11 is 0. The van der Waals surface area contributed by atoms with Gasteiger partial charge in [-0.15, -0.1) is 0 Å². The van der Waals surface area contributed by atoms with Gasteiger partial charge in [-0.1, -0.05) is 30.3 Å². The van der Waals surface area contributed by atoms with E-state index in [1.165, 1.54) is 0 Å². The maximum atomic E-state index is 12.9. The summed E-state index contributed by atoms with van der Waals surface area (Å²) in [6.07, 6.45) is 1.72. The number of hydrogen-bond donors (Lipinski definition) is 1. The van der Waals surface area contributed by atoms with Crippen LogP contribution >= 0.6 is 0 Å². The quantitative estimate of drug-likeness (QED) is 0.764. The molecule has 0 aliphatic carbocycles. The number of ether oxygens (including phenoxy) is 1. The van der Waals surface area contributed by atoms with Crippen LogP contribution in [0.5, 0.6) is 5.75 Å². The third-order valence-corrected chi connectivity index (χ3v) is 4.22. The van der Waals surface area contributed by atoms with Gasteiger partial charge in [0, 0.05) is 11.9 Å². The van der Waals surface area contributed by atoms with E-state index in [2.05, 4.69) is 11.4 Å². The smallest absolute Gasteiger partial charge is 0.270 e. The van der Waals surface area contributed by atoms with Crippen LogP contribution in [-0.4, -0.2) is 17.6 Å². The summed E-state index contributed by atoms with van der Waals surface area (Å²) in [5.41, 5.74) is 2.44. The highest BCUT2D eigenvalue weighted by atomic mass is 16.5. The molecule has 1 amide bonds. The first-order chi connectivity index (χ1) is 12.6. The first-order valence-electron chi connectivity index (χ1n) is 8.25. The Morgan fingerprint density at radius 2 is 1.81 bits per heavy atom. The molecule has 1 aromatic heterocycles. The summed E-state index contributed by atoms with van der Waals surface area (Å²) in [6, 6.07) is 20.6. The highest BCUT2D eigenvalue weighted by Gasteiger charge is 2.20. The minimum atomic E-state index is -0.293. The van der Waals surface area contributed by atoms with Gasteiger partial charge in [0.05, 0.1) is 18.7 Å². The molecule has 5 nitrogen and oxygen atoms in total. The van der Waals surface area contributed by atoms with Gasteiger partial charge in [-0.05, 0) is 42.8 Å². The normalized spacial score (nSPS) is 11.4. The third-order valence-electron chi connectivity index (χ3n) is 4.22. The zero-order valence-electron chi connectivity index (χ0n) is 14.6. The van der Waals surface area contributed by atoms with Crippen LogP contribution < -0.4 is 10.1 Å². The number of benzene rings is 2. The van der Waals surface area contributed by atoms with Crippen LogP contribution in [0.4, 0.5) is 0 Å². The Balaban J connectivity index is 1.92. The van der Waals surface area contributed by atoms with Gasteiger partial charge >= 0.3 is 0 Å². The third kappa shape index (κ3) is 3.45. The van der Waals surface area contributed by atoms with Crippen LogP contribution in [0.2, 0.25) is 0 Å². The van der Waals surface area contributed by atoms with E-state index in [1.807, 2.05) is 61.5 Å². The maximum Gasteiger partial charge on any atom is 0.270 e. The van der Waals surface area contributed by atoms with E-state index in [0.29, 0.717) is 11.3 Å². The van der Waals surface area contributed by atoms with Gasteiger partial charge in [0.15, 0.2) is 0 Å². The number of carbonyl (C=O) groups excluding carboxylic acids is 1. The lowest BCUT2D eigenvalue weighted by molar-refractivity contribution is 0.0933. The van der Waals surface area contributed by atoms with E-state index in [1.54, 1.807) is 23.9 Å². The molecular formula is C21H19N3O2. The second-order valence-corrected chi connectivity index (χ2v) is 5.86. The monoisotopic (exact) mass is 345 g/mol. The van der Waals surface area contributed by atoms with Gasteiger partial charge in [0.1, 0.15) is 17.5 Å². The molecule has 0 bridgehead atoms. The lowest BCUT2D eigenvalue weighted by atomic mass is 10.1. The molecule has 0 aliphatic heterocycles. The number of amides is 1. The molecule has 5 heteroatoms. The fourth-order valence-electron chi connectivity index (χ4n) is 2.80. The molecule has 3 rings (SSSR count). The number of hydrogen-bond acceptors (Lipinski definition) is 3. The molecule has 3 aromatic rings. The number of methoxy groups -OCH3 is 1. The first kappa shape index (κ1) is 17.3. The predicted octanol–water partition coefficient (Wildman–Crippen LogP) is 3.85. The predicted molar refractivity (Wildman–Crippen MR) is 99.4 cm³/mol. The Morgan fingerprint density at radius 3 is 2.42 bits per heavy atom. The molecule has 130 valence electrons. The van der Waals surface area contributed by atoms with Crippen molar-refractivity contribution in [3.05, 3.63) is 83.7 Å². The van der Waals surface area contributed by atoms with E-state index < -0.39 is 0 Å². The minimum absolute atomic E-state index is 0.172. The van der Waals surface area contributed by atoms with Crippen molar-refractivity contribution < 1.29 is 9.53 Å². The van der Waals surface area contributed by atoms with Crippen LogP contribution in [0, 0.1) is 11.3 Å². The van der Waals surface area contributed by atoms with Crippen LogP contribution in [-0.2, 0) is 0 Å². The molecular weight excluding hydrogens is 326 g/mol. The fourth-order valence-corrected chi connectivity index (χ4v) is 2.80. The van der Waals surface area contributed by atoms with E-state index in [4.69, 9.17) is 4.74 Å². The van der Waals surface area contributed by atoms with Gasteiger partial charge < -0.3 is 14.6 Å². The zero-order valence-corrected chi connectivity index (χ0v) is 14.6. The summed E-state index contributed by atoms with van der Waals surface area (Å²) in [7, 11) is 1.60. The van der Waals surface area contributed by atoms with Gasteiger partial charge in [0.25, 0.3) is 5.91 Å². The Bertz CT molecular complexity index is 938. The maximum absolute atomic E-state index is 12.9. The molecule has 1 heterocycles. The van der Waals surface area contributed by atoms with Crippen molar-refractivity contribution in [1.82, 2.24) is 9.88 Å². The lowest BCUT2D eigenvalue weighted by Crippen LogP contribution is -2.29. The highest BCUT2D eigenvalue weighted by Crippen LogP contribution is 2.21. The second kappa shape index (κ2) is 7.58. The summed E-state index contributed by atoms with van der Waals surface area (Å²) in [5.74, 6) is 0.434. The van der Waals surface area contributed by atoms with E-state index >= 15 is 0 Å². The Hall–Kier alpha value is -3.52. The van der Waals surface area contributed by atoms with Crippen LogP contribution in [0.1, 0.15) is 34.6 Å². The Labute approximate surface area is 152 Å². The summed E-state index contributed by atoms with van der Waals surface area (Å²) in [5, 5.41) is 12.4. The topological polar surface area (TPSA) is 67.0 Å². The molecule has 0 saturated carbocycles.